The largest absolute Gasteiger partial charge is 0.383 e. The summed E-state index contributed by atoms with van der Waals surface area (Å²) in [7, 11) is 3.78. The van der Waals surface area contributed by atoms with Gasteiger partial charge in [0, 0.05) is 26.7 Å². The molecule has 0 bridgehead atoms. The lowest BCUT2D eigenvalue weighted by molar-refractivity contribution is 0.161. The maximum absolute atomic E-state index is 12.0. The van der Waals surface area contributed by atoms with Crippen molar-refractivity contribution in [3.8, 4) is 0 Å². The van der Waals surface area contributed by atoms with E-state index >= 15 is 0 Å². The first-order valence-corrected chi connectivity index (χ1v) is 6.79. The number of carbonyl (C=O) groups is 1. The summed E-state index contributed by atoms with van der Waals surface area (Å²) in [6, 6.07) is 0.112. The molecule has 0 aromatic heterocycles. The Labute approximate surface area is 110 Å². The molecule has 1 aliphatic rings. The minimum Gasteiger partial charge on any atom is -0.383 e. The standard InChI is InChI=1S/C13H27N3O2/c1-5-15(3)8-12-6-7-16(9-12)13(17)14-11(2)10-18-4/h11-12H,5-10H2,1-4H3,(H,14,17)/t11-,12+/m1/s1. The molecular formula is C13H27N3O2. The normalized spacial score (nSPS) is 21.4. The molecule has 0 aromatic carbocycles. The number of amides is 2. The molecule has 2 atom stereocenters. The van der Waals surface area contributed by atoms with Crippen LogP contribution in [-0.2, 0) is 4.74 Å². The van der Waals surface area contributed by atoms with Crippen molar-refractivity contribution in [3.05, 3.63) is 0 Å². The smallest absolute Gasteiger partial charge is 0.317 e. The molecule has 1 N–H and O–H groups in total. The SMILES string of the molecule is CCN(C)C[C@@H]1CCN(C(=O)N[C@H](C)COC)C1. The Hall–Kier alpha value is -0.810. The van der Waals surface area contributed by atoms with Crippen molar-refractivity contribution in [2.24, 2.45) is 5.92 Å². The van der Waals surface area contributed by atoms with Crippen LogP contribution in [0.25, 0.3) is 0 Å². The van der Waals surface area contributed by atoms with Crippen molar-refractivity contribution in [2.75, 3.05) is 46.9 Å². The van der Waals surface area contributed by atoms with Gasteiger partial charge in [-0.3, -0.25) is 0 Å². The third kappa shape index (κ3) is 4.82. The van der Waals surface area contributed by atoms with Crippen LogP contribution in [-0.4, -0.2) is 68.8 Å². The van der Waals surface area contributed by atoms with Gasteiger partial charge in [0.25, 0.3) is 0 Å². The number of urea groups is 1. The minimum atomic E-state index is 0.0428. The van der Waals surface area contributed by atoms with Crippen LogP contribution in [0, 0.1) is 5.92 Å². The number of rotatable bonds is 6. The van der Waals surface area contributed by atoms with E-state index in [1.165, 1.54) is 0 Å². The fraction of sp³-hybridized carbons (Fsp3) is 0.923. The van der Waals surface area contributed by atoms with Crippen LogP contribution >= 0.6 is 0 Å². The molecule has 1 saturated heterocycles. The highest BCUT2D eigenvalue weighted by Crippen LogP contribution is 2.17. The molecular weight excluding hydrogens is 230 g/mol. The van der Waals surface area contributed by atoms with Gasteiger partial charge in [-0.2, -0.15) is 0 Å². The molecule has 0 aliphatic carbocycles. The molecule has 1 rings (SSSR count). The molecule has 0 radical (unpaired) electrons. The summed E-state index contributed by atoms with van der Waals surface area (Å²) < 4.78 is 5.02. The number of hydrogen-bond acceptors (Lipinski definition) is 3. The fourth-order valence-corrected chi connectivity index (χ4v) is 2.33. The monoisotopic (exact) mass is 257 g/mol. The Morgan fingerprint density at radius 2 is 2.33 bits per heavy atom. The lowest BCUT2D eigenvalue weighted by atomic mass is 10.1. The second kappa shape index (κ2) is 7.59. The van der Waals surface area contributed by atoms with Gasteiger partial charge in [-0.15, -0.1) is 0 Å². The Balaban J connectivity index is 2.30. The predicted octanol–water partition coefficient (Wildman–Crippen LogP) is 1.00. The van der Waals surface area contributed by atoms with Gasteiger partial charge in [0.05, 0.1) is 12.6 Å². The summed E-state index contributed by atoms with van der Waals surface area (Å²) in [5.74, 6) is 0.610. The molecule has 0 aromatic rings. The zero-order chi connectivity index (χ0) is 13.5. The maximum atomic E-state index is 12.0. The third-order valence-corrected chi connectivity index (χ3v) is 3.47. The molecule has 0 unspecified atom stereocenters. The minimum absolute atomic E-state index is 0.0428. The summed E-state index contributed by atoms with van der Waals surface area (Å²) >= 11 is 0. The average molecular weight is 257 g/mol. The van der Waals surface area contributed by atoms with Gasteiger partial charge >= 0.3 is 6.03 Å². The Morgan fingerprint density at radius 3 is 2.94 bits per heavy atom. The molecule has 0 spiro atoms. The van der Waals surface area contributed by atoms with Gasteiger partial charge in [0.2, 0.25) is 0 Å². The Morgan fingerprint density at radius 1 is 1.61 bits per heavy atom. The highest BCUT2D eigenvalue weighted by Gasteiger charge is 2.27. The van der Waals surface area contributed by atoms with Crippen LogP contribution < -0.4 is 5.32 Å². The van der Waals surface area contributed by atoms with Crippen molar-refractivity contribution in [1.29, 1.82) is 0 Å². The van der Waals surface area contributed by atoms with Crippen LogP contribution in [0.4, 0.5) is 4.79 Å². The van der Waals surface area contributed by atoms with Crippen molar-refractivity contribution in [3.63, 3.8) is 0 Å². The first-order chi connectivity index (χ1) is 8.56. The van der Waals surface area contributed by atoms with Gasteiger partial charge < -0.3 is 19.9 Å². The Bertz CT molecular complexity index is 261. The van der Waals surface area contributed by atoms with Crippen LogP contribution in [0.5, 0.6) is 0 Å². The number of hydrogen-bond donors (Lipinski definition) is 1. The number of carbonyl (C=O) groups excluding carboxylic acids is 1. The van der Waals surface area contributed by atoms with E-state index < -0.39 is 0 Å². The van der Waals surface area contributed by atoms with Crippen molar-refractivity contribution in [2.45, 2.75) is 26.3 Å². The van der Waals surface area contributed by atoms with Crippen molar-refractivity contribution in [1.82, 2.24) is 15.1 Å². The number of nitrogens with zero attached hydrogens (tertiary/aromatic N) is 2. The summed E-state index contributed by atoms with van der Waals surface area (Å²) in [4.78, 5) is 16.2. The maximum Gasteiger partial charge on any atom is 0.317 e. The zero-order valence-corrected chi connectivity index (χ0v) is 12.1. The summed E-state index contributed by atoms with van der Waals surface area (Å²) in [6.45, 7) is 8.55. The fourth-order valence-electron chi connectivity index (χ4n) is 2.33. The topological polar surface area (TPSA) is 44.8 Å². The average Bonchev–Trinajstić information content (AvgIpc) is 2.77. The van der Waals surface area contributed by atoms with Crippen LogP contribution in [0.1, 0.15) is 20.3 Å². The van der Waals surface area contributed by atoms with Gasteiger partial charge in [-0.05, 0) is 32.9 Å². The van der Waals surface area contributed by atoms with E-state index in [2.05, 4.69) is 24.2 Å². The predicted molar refractivity (Wildman–Crippen MR) is 72.7 cm³/mol. The van der Waals surface area contributed by atoms with Gasteiger partial charge in [-0.1, -0.05) is 6.92 Å². The van der Waals surface area contributed by atoms with E-state index in [9.17, 15) is 4.79 Å². The summed E-state index contributed by atoms with van der Waals surface area (Å²) in [5, 5.41) is 2.96. The van der Waals surface area contributed by atoms with E-state index in [1.807, 2.05) is 11.8 Å². The van der Waals surface area contributed by atoms with Gasteiger partial charge in [-0.25, -0.2) is 4.79 Å². The van der Waals surface area contributed by atoms with Gasteiger partial charge in [0.15, 0.2) is 0 Å². The van der Waals surface area contributed by atoms with E-state index in [0.29, 0.717) is 12.5 Å². The van der Waals surface area contributed by atoms with Crippen molar-refractivity contribution < 1.29 is 9.53 Å². The molecule has 1 fully saturated rings. The zero-order valence-electron chi connectivity index (χ0n) is 12.1. The van der Waals surface area contributed by atoms with Crippen LogP contribution in [0.3, 0.4) is 0 Å². The first-order valence-electron chi connectivity index (χ1n) is 6.79. The first kappa shape index (κ1) is 15.2. The number of methoxy groups -OCH3 is 1. The molecule has 2 amide bonds. The molecule has 1 aliphatic heterocycles. The lowest BCUT2D eigenvalue weighted by Gasteiger charge is -2.22. The third-order valence-electron chi connectivity index (χ3n) is 3.47. The Kier molecular flexibility index (Phi) is 6.43. The van der Waals surface area contributed by atoms with Gasteiger partial charge in [0.1, 0.15) is 0 Å². The molecule has 5 nitrogen and oxygen atoms in total. The summed E-state index contributed by atoms with van der Waals surface area (Å²) in [5.41, 5.74) is 0. The highest BCUT2D eigenvalue weighted by atomic mass is 16.5. The molecule has 106 valence electrons. The number of nitrogens with one attached hydrogen (secondary N) is 1. The quantitative estimate of drug-likeness (QED) is 0.772. The molecule has 1 heterocycles. The second-order valence-electron chi connectivity index (χ2n) is 5.26. The molecule has 18 heavy (non-hydrogen) atoms. The van der Waals surface area contributed by atoms with Crippen LogP contribution in [0.2, 0.25) is 0 Å². The number of likely N-dealkylation sites (tertiary alicyclic amines) is 1. The van der Waals surface area contributed by atoms with E-state index in [-0.39, 0.29) is 12.1 Å². The number of ether oxygens (including phenoxy) is 1. The van der Waals surface area contributed by atoms with Crippen LogP contribution in [0.15, 0.2) is 0 Å². The van der Waals surface area contributed by atoms with E-state index in [1.54, 1.807) is 7.11 Å². The van der Waals surface area contributed by atoms with E-state index in [4.69, 9.17) is 4.74 Å². The molecule has 0 saturated carbocycles. The van der Waals surface area contributed by atoms with Crippen molar-refractivity contribution >= 4 is 6.03 Å². The second-order valence-corrected chi connectivity index (χ2v) is 5.26. The lowest BCUT2D eigenvalue weighted by Crippen LogP contribution is -2.44. The molecule has 5 heteroatoms. The highest BCUT2D eigenvalue weighted by molar-refractivity contribution is 5.74. The summed E-state index contributed by atoms with van der Waals surface area (Å²) in [6.07, 6.45) is 1.11. The van der Waals surface area contributed by atoms with E-state index in [0.717, 1.165) is 32.6 Å².